The van der Waals surface area contributed by atoms with E-state index in [-0.39, 0.29) is 0 Å². The van der Waals surface area contributed by atoms with Gasteiger partial charge in [-0.1, -0.05) is 12.1 Å². The molecule has 1 aromatic carbocycles. The molecule has 0 heterocycles. The van der Waals surface area contributed by atoms with Crippen LogP contribution in [0.1, 0.15) is 28.8 Å². The van der Waals surface area contributed by atoms with Crippen LogP contribution in [0.25, 0.3) is 0 Å². The Kier molecular flexibility index (Phi) is 2.86. The molecule has 0 radical (unpaired) electrons. The van der Waals surface area contributed by atoms with Gasteiger partial charge in [-0.15, -0.1) is 0 Å². The van der Waals surface area contributed by atoms with E-state index >= 15 is 0 Å². The van der Waals surface area contributed by atoms with Crippen molar-refractivity contribution in [3.8, 4) is 0 Å². The fourth-order valence-corrected chi connectivity index (χ4v) is 1.10. The van der Waals surface area contributed by atoms with E-state index in [9.17, 15) is 9.59 Å². The highest BCUT2D eigenvalue weighted by molar-refractivity contribution is 5.93. The lowest BCUT2D eigenvalue weighted by atomic mass is 9.99. The normalized spacial score (nSPS) is 12.1. The monoisotopic (exact) mass is 193 g/mol. The third-order valence-electron chi connectivity index (χ3n) is 2.04. The number of aliphatic carboxylic acids is 1. The molecule has 0 saturated carbocycles. The SMILES string of the molecule is CC(C(=O)O)c1cccc(C(N)=O)c1. The largest absolute Gasteiger partial charge is 0.481 e. The summed E-state index contributed by atoms with van der Waals surface area (Å²) in [7, 11) is 0. The summed E-state index contributed by atoms with van der Waals surface area (Å²) in [4.78, 5) is 21.5. The molecule has 0 bridgehead atoms. The van der Waals surface area contributed by atoms with Gasteiger partial charge in [0.15, 0.2) is 0 Å². The number of carboxylic acids is 1. The Hall–Kier alpha value is -1.84. The molecular weight excluding hydrogens is 182 g/mol. The maximum Gasteiger partial charge on any atom is 0.310 e. The van der Waals surface area contributed by atoms with Crippen LogP contribution >= 0.6 is 0 Å². The Morgan fingerprint density at radius 1 is 1.43 bits per heavy atom. The molecule has 14 heavy (non-hydrogen) atoms. The minimum Gasteiger partial charge on any atom is -0.481 e. The van der Waals surface area contributed by atoms with Crippen molar-refractivity contribution in [1.29, 1.82) is 0 Å². The van der Waals surface area contributed by atoms with E-state index in [0.29, 0.717) is 11.1 Å². The van der Waals surface area contributed by atoms with Gasteiger partial charge in [0.25, 0.3) is 0 Å². The fraction of sp³-hybridized carbons (Fsp3) is 0.200. The Bertz CT molecular complexity index is 373. The smallest absolute Gasteiger partial charge is 0.310 e. The van der Waals surface area contributed by atoms with Crippen LogP contribution in [0, 0.1) is 0 Å². The van der Waals surface area contributed by atoms with E-state index in [1.165, 1.54) is 6.07 Å². The fourth-order valence-electron chi connectivity index (χ4n) is 1.10. The summed E-state index contributed by atoms with van der Waals surface area (Å²) in [6.07, 6.45) is 0. The quantitative estimate of drug-likeness (QED) is 0.750. The topological polar surface area (TPSA) is 80.4 Å². The summed E-state index contributed by atoms with van der Waals surface area (Å²) in [5, 5.41) is 8.75. The van der Waals surface area contributed by atoms with Gasteiger partial charge in [-0.25, -0.2) is 0 Å². The van der Waals surface area contributed by atoms with Crippen molar-refractivity contribution >= 4 is 11.9 Å². The second-order valence-electron chi connectivity index (χ2n) is 3.05. The number of rotatable bonds is 3. The van der Waals surface area contributed by atoms with Crippen LogP contribution < -0.4 is 5.73 Å². The van der Waals surface area contributed by atoms with Crippen LogP contribution in [0.5, 0.6) is 0 Å². The van der Waals surface area contributed by atoms with Gasteiger partial charge in [-0.2, -0.15) is 0 Å². The maximum atomic E-state index is 10.8. The van der Waals surface area contributed by atoms with Crippen LogP contribution in [0.3, 0.4) is 0 Å². The molecule has 0 fully saturated rings. The highest BCUT2D eigenvalue weighted by Crippen LogP contribution is 2.16. The molecule has 4 heteroatoms. The van der Waals surface area contributed by atoms with E-state index in [1.807, 2.05) is 0 Å². The molecule has 3 N–H and O–H groups in total. The number of benzene rings is 1. The van der Waals surface area contributed by atoms with Crippen molar-refractivity contribution in [2.24, 2.45) is 5.73 Å². The minimum atomic E-state index is -0.924. The molecule has 0 spiro atoms. The molecule has 0 aliphatic heterocycles. The molecule has 1 atom stereocenters. The first kappa shape index (κ1) is 10.2. The van der Waals surface area contributed by atoms with Crippen molar-refractivity contribution in [1.82, 2.24) is 0 Å². The van der Waals surface area contributed by atoms with Crippen molar-refractivity contribution in [3.05, 3.63) is 35.4 Å². The average molecular weight is 193 g/mol. The standard InChI is InChI=1S/C10H11NO3/c1-6(10(13)14)7-3-2-4-8(5-7)9(11)12/h2-6H,1H3,(H2,11,12)(H,13,14). The summed E-state index contributed by atoms with van der Waals surface area (Å²) in [5.41, 5.74) is 5.98. The zero-order chi connectivity index (χ0) is 10.7. The molecule has 4 nitrogen and oxygen atoms in total. The zero-order valence-electron chi connectivity index (χ0n) is 7.73. The second kappa shape index (κ2) is 3.91. The van der Waals surface area contributed by atoms with Crippen LogP contribution in [0.2, 0.25) is 0 Å². The second-order valence-corrected chi connectivity index (χ2v) is 3.05. The number of hydrogen-bond donors (Lipinski definition) is 2. The van der Waals surface area contributed by atoms with Crippen molar-refractivity contribution in [2.75, 3.05) is 0 Å². The molecule has 1 aromatic rings. The predicted octanol–water partition coefficient (Wildman–Crippen LogP) is 0.974. The lowest BCUT2D eigenvalue weighted by Crippen LogP contribution is -2.13. The Morgan fingerprint density at radius 2 is 2.07 bits per heavy atom. The number of carbonyl (C=O) groups excluding carboxylic acids is 1. The molecule has 1 unspecified atom stereocenters. The van der Waals surface area contributed by atoms with Crippen molar-refractivity contribution in [3.63, 3.8) is 0 Å². The van der Waals surface area contributed by atoms with Crippen molar-refractivity contribution < 1.29 is 14.7 Å². The number of nitrogens with two attached hydrogens (primary N) is 1. The van der Waals surface area contributed by atoms with Gasteiger partial charge in [0.2, 0.25) is 5.91 Å². The van der Waals surface area contributed by atoms with E-state index in [4.69, 9.17) is 10.8 Å². The van der Waals surface area contributed by atoms with E-state index in [0.717, 1.165) is 0 Å². The third-order valence-corrected chi connectivity index (χ3v) is 2.04. The molecule has 0 saturated heterocycles. The summed E-state index contributed by atoms with van der Waals surface area (Å²) in [5.74, 6) is -2.11. The Labute approximate surface area is 81.3 Å². The molecule has 1 rings (SSSR count). The van der Waals surface area contributed by atoms with Crippen molar-refractivity contribution in [2.45, 2.75) is 12.8 Å². The number of primary amides is 1. The van der Waals surface area contributed by atoms with Crippen LogP contribution in [0.4, 0.5) is 0 Å². The lowest BCUT2D eigenvalue weighted by Gasteiger charge is -2.06. The number of amides is 1. The first-order valence-electron chi connectivity index (χ1n) is 4.15. The summed E-state index contributed by atoms with van der Waals surface area (Å²) >= 11 is 0. The Balaban J connectivity index is 3.05. The van der Waals surface area contributed by atoms with E-state index in [2.05, 4.69) is 0 Å². The van der Waals surface area contributed by atoms with Crippen LogP contribution in [0.15, 0.2) is 24.3 Å². The maximum absolute atomic E-state index is 10.8. The van der Waals surface area contributed by atoms with Gasteiger partial charge in [-0.05, 0) is 24.6 Å². The predicted molar refractivity (Wildman–Crippen MR) is 51.0 cm³/mol. The van der Waals surface area contributed by atoms with Gasteiger partial charge in [-0.3, -0.25) is 9.59 Å². The molecule has 0 aromatic heterocycles. The van der Waals surface area contributed by atoms with Gasteiger partial charge < -0.3 is 10.8 Å². The highest BCUT2D eigenvalue weighted by Gasteiger charge is 2.14. The first-order valence-corrected chi connectivity index (χ1v) is 4.15. The number of carbonyl (C=O) groups is 2. The molecular formula is C10H11NO3. The van der Waals surface area contributed by atoms with Crippen LogP contribution in [-0.4, -0.2) is 17.0 Å². The first-order chi connectivity index (χ1) is 6.52. The minimum absolute atomic E-state index is 0.329. The van der Waals surface area contributed by atoms with Gasteiger partial charge in [0.1, 0.15) is 0 Å². The molecule has 0 aliphatic carbocycles. The summed E-state index contributed by atoms with van der Waals surface area (Å²) in [6.45, 7) is 1.56. The number of carboxylic acid groups (broad SMARTS) is 1. The number of hydrogen-bond acceptors (Lipinski definition) is 2. The molecule has 0 aliphatic rings. The Morgan fingerprint density at radius 3 is 2.57 bits per heavy atom. The van der Waals surface area contributed by atoms with Crippen LogP contribution in [-0.2, 0) is 4.79 Å². The van der Waals surface area contributed by atoms with Gasteiger partial charge in [0, 0.05) is 5.56 Å². The summed E-state index contributed by atoms with van der Waals surface area (Å²) < 4.78 is 0. The summed E-state index contributed by atoms with van der Waals surface area (Å²) in [6, 6.07) is 6.33. The van der Waals surface area contributed by atoms with E-state index < -0.39 is 17.8 Å². The van der Waals surface area contributed by atoms with Gasteiger partial charge in [0.05, 0.1) is 5.92 Å². The van der Waals surface area contributed by atoms with Gasteiger partial charge >= 0.3 is 5.97 Å². The zero-order valence-corrected chi connectivity index (χ0v) is 7.73. The van der Waals surface area contributed by atoms with E-state index in [1.54, 1.807) is 25.1 Å². The molecule has 1 amide bonds. The highest BCUT2D eigenvalue weighted by atomic mass is 16.4. The average Bonchev–Trinajstić information content (AvgIpc) is 2.16. The molecule has 74 valence electrons. The third kappa shape index (κ3) is 2.10. The lowest BCUT2D eigenvalue weighted by molar-refractivity contribution is -0.138.